The molecule has 1 aromatic heterocycles. The van der Waals surface area contributed by atoms with Crippen LogP contribution in [0.5, 0.6) is 0 Å². The molecule has 1 heterocycles. The minimum Gasteiger partial charge on any atom is -0.308 e. The molecule has 19 heavy (non-hydrogen) atoms. The third kappa shape index (κ3) is 3.61. The van der Waals surface area contributed by atoms with Crippen molar-refractivity contribution >= 4 is 17.0 Å². The second kappa shape index (κ2) is 6.09. The number of non-ortho nitro benzene ring substituents is 1. The molecule has 0 aliphatic carbocycles. The summed E-state index contributed by atoms with van der Waals surface area (Å²) in [5.74, 6) is 0. The van der Waals surface area contributed by atoms with Gasteiger partial charge in [-0.15, -0.1) is 11.3 Å². The Balaban J connectivity index is 1.85. The molecule has 5 nitrogen and oxygen atoms in total. The molecule has 0 fully saturated rings. The van der Waals surface area contributed by atoms with Gasteiger partial charge in [-0.1, -0.05) is 12.1 Å². The third-order valence-corrected chi connectivity index (χ3v) is 3.50. The largest absolute Gasteiger partial charge is 0.308 e. The average molecular weight is 273 g/mol. The Hall–Kier alpha value is -2.23. The van der Waals surface area contributed by atoms with E-state index in [1.54, 1.807) is 23.5 Å². The number of nitriles is 1. The molecule has 2 rings (SSSR count). The summed E-state index contributed by atoms with van der Waals surface area (Å²) in [6.07, 6.45) is 0. The molecule has 96 valence electrons. The fraction of sp³-hybridized carbons (Fsp3) is 0.154. The lowest BCUT2D eigenvalue weighted by molar-refractivity contribution is -0.384. The molecule has 0 atom stereocenters. The van der Waals surface area contributed by atoms with Gasteiger partial charge in [0.25, 0.3) is 5.69 Å². The molecule has 0 saturated carbocycles. The van der Waals surface area contributed by atoms with E-state index < -0.39 is 4.92 Å². The zero-order valence-corrected chi connectivity index (χ0v) is 10.8. The van der Waals surface area contributed by atoms with Crippen LogP contribution >= 0.6 is 11.3 Å². The first-order chi connectivity index (χ1) is 9.19. The quantitative estimate of drug-likeness (QED) is 0.671. The second-order valence-electron chi connectivity index (χ2n) is 3.94. The topological polar surface area (TPSA) is 79.0 Å². The molecule has 0 aliphatic rings. The van der Waals surface area contributed by atoms with Crippen LogP contribution in [0.4, 0.5) is 5.69 Å². The predicted molar refractivity (Wildman–Crippen MR) is 72.7 cm³/mol. The summed E-state index contributed by atoms with van der Waals surface area (Å²) in [6, 6.07) is 10.4. The van der Waals surface area contributed by atoms with Crippen molar-refractivity contribution in [3.05, 3.63) is 61.8 Å². The second-order valence-corrected chi connectivity index (χ2v) is 4.94. The number of rotatable bonds is 5. The first-order valence-electron chi connectivity index (χ1n) is 5.60. The summed E-state index contributed by atoms with van der Waals surface area (Å²) in [4.78, 5) is 11.2. The van der Waals surface area contributed by atoms with Crippen molar-refractivity contribution in [2.45, 2.75) is 13.1 Å². The number of benzene rings is 1. The zero-order valence-electron chi connectivity index (χ0n) is 10.00. The smallest absolute Gasteiger partial charge is 0.269 e. The van der Waals surface area contributed by atoms with Gasteiger partial charge < -0.3 is 5.32 Å². The Labute approximate surface area is 114 Å². The Morgan fingerprint density at radius 1 is 1.32 bits per heavy atom. The van der Waals surface area contributed by atoms with Crippen LogP contribution in [0.3, 0.4) is 0 Å². The summed E-state index contributed by atoms with van der Waals surface area (Å²) in [5, 5.41) is 24.3. The van der Waals surface area contributed by atoms with Crippen LogP contribution in [-0.2, 0) is 13.1 Å². The molecule has 0 bridgehead atoms. The van der Waals surface area contributed by atoms with Crippen LogP contribution in [0.15, 0.2) is 35.7 Å². The van der Waals surface area contributed by atoms with Gasteiger partial charge in [0, 0.05) is 35.5 Å². The first-order valence-corrected chi connectivity index (χ1v) is 6.48. The van der Waals surface area contributed by atoms with E-state index in [-0.39, 0.29) is 5.69 Å². The third-order valence-electron chi connectivity index (χ3n) is 2.56. The molecular weight excluding hydrogens is 262 g/mol. The van der Waals surface area contributed by atoms with E-state index in [9.17, 15) is 10.1 Å². The molecule has 2 aromatic rings. The number of nitrogens with one attached hydrogen (secondary N) is 1. The highest BCUT2D eigenvalue weighted by Crippen LogP contribution is 2.14. The highest BCUT2D eigenvalue weighted by molar-refractivity contribution is 7.10. The van der Waals surface area contributed by atoms with Gasteiger partial charge in [0.1, 0.15) is 6.07 Å². The van der Waals surface area contributed by atoms with Crippen LogP contribution in [0.1, 0.15) is 16.0 Å². The number of thiophene rings is 1. The van der Waals surface area contributed by atoms with Crippen molar-refractivity contribution in [1.82, 2.24) is 5.32 Å². The normalized spacial score (nSPS) is 10.1. The molecule has 1 aromatic carbocycles. The maximum Gasteiger partial charge on any atom is 0.269 e. The van der Waals surface area contributed by atoms with Crippen molar-refractivity contribution in [3.63, 3.8) is 0 Å². The number of nitrogens with zero attached hydrogens (tertiary/aromatic N) is 2. The Kier molecular flexibility index (Phi) is 4.23. The highest BCUT2D eigenvalue weighted by Gasteiger charge is 2.04. The Bertz CT molecular complexity index is 614. The van der Waals surface area contributed by atoms with E-state index in [0.717, 1.165) is 10.4 Å². The maximum atomic E-state index is 10.5. The summed E-state index contributed by atoms with van der Waals surface area (Å²) < 4.78 is 0. The standard InChI is InChI=1S/C13H11N3O2S/c14-6-11-5-13(19-9-11)8-15-7-10-1-3-12(4-2-10)16(17)18/h1-5,9,15H,7-8H2. The van der Waals surface area contributed by atoms with E-state index in [1.807, 2.05) is 11.4 Å². The molecule has 6 heteroatoms. The van der Waals surface area contributed by atoms with Crippen LogP contribution in [0.25, 0.3) is 0 Å². The zero-order chi connectivity index (χ0) is 13.7. The van der Waals surface area contributed by atoms with E-state index in [4.69, 9.17) is 5.26 Å². The van der Waals surface area contributed by atoms with Gasteiger partial charge in [0.2, 0.25) is 0 Å². The van der Waals surface area contributed by atoms with Gasteiger partial charge >= 0.3 is 0 Å². The van der Waals surface area contributed by atoms with E-state index in [1.165, 1.54) is 12.1 Å². The van der Waals surface area contributed by atoms with Gasteiger partial charge in [0.05, 0.1) is 10.5 Å². The molecule has 0 spiro atoms. The molecule has 0 saturated heterocycles. The average Bonchev–Trinajstić information content (AvgIpc) is 2.87. The number of hydrogen-bond donors (Lipinski definition) is 1. The van der Waals surface area contributed by atoms with Gasteiger partial charge in [-0.2, -0.15) is 5.26 Å². The lowest BCUT2D eigenvalue weighted by Gasteiger charge is -2.03. The molecule has 0 radical (unpaired) electrons. The lowest BCUT2D eigenvalue weighted by Crippen LogP contribution is -2.11. The summed E-state index contributed by atoms with van der Waals surface area (Å²) in [6.45, 7) is 1.32. The van der Waals surface area contributed by atoms with Gasteiger partial charge in [-0.25, -0.2) is 0 Å². The minimum absolute atomic E-state index is 0.0978. The van der Waals surface area contributed by atoms with E-state index in [2.05, 4.69) is 11.4 Å². The Morgan fingerprint density at radius 3 is 2.63 bits per heavy atom. The van der Waals surface area contributed by atoms with Crippen LogP contribution in [0, 0.1) is 21.4 Å². The minimum atomic E-state index is -0.410. The molecule has 0 unspecified atom stereocenters. The van der Waals surface area contributed by atoms with Gasteiger partial charge in [-0.05, 0) is 11.6 Å². The predicted octanol–water partition coefficient (Wildman–Crippen LogP) is 2.82. The Morgan fingerprint density at radius 2 is 2.05 bits per heavy atom. The number of hydrogen-bond acceptors (Lipinski definition) is 5. The molecule has 1 N–H and O–H groups in total. The van der Waals surface area contributed by atoms with Crippen molar-refractivity contribution in [2.24, 2.45) is 0 Å². The monoisotopic (exact) mass is 273 g/mol. The van der Waals surface area contributed by atoms with Crippen LogP contribution in [0.2, 0.25) is 0 Å². The maximum absolute atomic E-state index is 10.5. The molecule has 0 aliphatic heterocycles. The van der Waals surface area contributed by atoms with Gasteiger partial charge in [-0.3, -0.25) is 10.1 Å². The SMILES string of the molecule is N#Cc1csc(CNCc2ccc([N+](=O)[O-])cc2)c1. The highest BCUT2D eigenvalue weighted by atomic mass is 32.1. The van der Waals surface area contributed by atoms with Crippen molar-refractivity contribution in [1.29, 1.82) is 5.26 Å². The molecule has 0 amide bonds. The lowest BCUT2D eigenvalue weighted by atomic mass is 10.2. The summed E-state index contributed by atoms with van der Waals surface area (Å²) in [7, 11) is 0. The fourth-order valence-corrected chi connectivity index (χ4v) is 2.38. The van der Waals surface area contributed by atoms with Crippen molar-refractivity contribution in [3.8, 4) is 6.07 Å². The summed E-state index contributed by atoms with van der Waals surface area (Å²) >= 11 is 1.54. The van der Waals surface area contributed by atoms with E-state index in [0.29, 0.717) is 18.7 Å². The van der Waals surface area contributed by atoms with Gasteiger partial charge in [0.15, 0.2) is 0 Å². The number of nitro groups is 1. The summed E-state index contributed by atoms with van der Waals surface area (Å²) in [5.41, 5.74) is 1.76. The fourth-order valence-electron chi connectivity index (χ4n) is 1.60. The van der Waals surface area contributed by atoms with Crippen molar-refractivity contribution < 1.29 is 4.92 Å². The van der Waals surface area contributed by atoms with E-state index >= 15 is 0 Å². The van der Waals surface area contributed by atoms with Crippen LogP contribution < -0.4 is 5.32 Å². The molecular formula is C13H11N3O2S. The van der Waals surface area contributed by atoms with Crippen LogP contribution in [-0.4, -0.2) is 4.92 Å². The number of nitro benzene ring substituents is 1. The van der Waals surface area contributed by atoms with Crippen molar-refractivity contribution in [2.75, 3.05) is 0 Å². The first kappa shape index (κ1) is 13.2.